The van der Waals surface area contributed by atoms with Crippen molar-refractivity contribution in [3.8, 4) is 0 Å². The lowest BCUT2D eigenvalue weighted by Gasteiger charge is -2.40. The van der Waals surface area contributed by atoms with E-state index >= 15 is 0 Å². The van der Waals surface area contributed by atoms with Gasteiger partial charge in [-0.3, -0.25) is 0 Å². The first-order valence-corrected chi connectivity index (χ1v) is 8.36. The summed E-state index contributed by atoms with van der Waals surface area (Å²) in [4.78, 5) is 0.226. The normalized spacial score (nSPS) is 17.5. The second-order valence-corrected chi connectivity index (χ2v) is 7.78. The molecule has 21 heavy (non-hydrogen) atoms. The molecule has 0 aromatic heterocycles. The van der Waals surface area contributed by atoms with Gasteiger partial charge < -0.3 is 15.8 Å². The van der Waals surface area contributed by atoms with E-state index in [1.807, 2.05) is 0 Å². The number of nitrogen functional groups attached to an aromatic ring is 1. The number of ether oxygens (including phenoxy) is 1. The minimum Gasteiger partial charge on any atom is -0.397 e. The van der Waals surface area contributed by atoms with Gasteiger partial charge in [0.15, 0.2) is 0 Å². The van der Waals surface area contributed by atoms with Crippen molar-refractivity contribution < 1.29 is 13.2 Å². The second kappa shape index (κ2) is 5.82. The summed E-state index contributed by atoms with van der Waals surface area (Å²) in [5.41, 5.74) is 6.93. The molecule has 1 aromatic carbocycles. The highest BCUT2D eigenvalue weighted by Gasteiger charge is 2.36. The lowest BCUT2D eigenvalue weighted by atomic mass is 9.80. The van der Waals surface area contributed by atoms with Gasteiger partial charge in [-0.05, 0) is 37.5 Å². The van der Waals surface area contributed by atoms with Crippen LogP contribution in [0.15, 0.2) is 23.1 Å². The Balaban J connectivity index is 2.20. The van der Waals surface area contributed by atoms with Crippen LogP contribution in [0.5, 0.6) is 0 Å². The van der Waals surface area contributed by atoms with Crippen LogP contribution >= 0.6 is 0 Å². The van der Waals surface area contributed by atoms with E-state index in [4.69, 9.17) is 10.5 Å². The van der Waals surface area contributed by atoms with Crippen LogP contribution in [0, 0.1) is 0 Å². The van der Waals surface area contributed by atoms with Crippen LogP contribution in [0.1, 0.15) is 19.3 Å². The number of rotatable bonds is 6. The van der Waals surface area contributed by atoms with Gasteiger partial charge in [-0.25, -0.2) is 12.7 Å². The molecule has 6 nitrogen and oxygen atoms in total. The molecular formula is C14H23N3O3S. The van der Waals surface area contributed by atoms with Crippen LogP contribution in [-0.4, -0.2) is 46.1 Å². The molecule has 7 heteroatoms. The molecule has 1 aromatic rings. The average molecular weight is 313 g/mol. The molecule has 0 bridgehead atoms. The summed E-state index contributed by atoms with van der Waals surface area (Å²) >= 11 is 0. The molecule has 0 saturated heterocycles. The number of sulfonamides is 1. The topological polar surface area (TPSA) is 84.7 Å². The predicted molar refractivity (Wildman–Crippen MR) is 83.8 cm³/mol. The summed E-state index contributed by atoms with van der Waals surface area (Å²) in [6, 6.07) is 4.71. The third-order valence-electron chi connectivity index (χ3n) is 4.10. The van der Waals surface area contributed by atoms with Gasteiger partial charge in [0.05, 0.1) is 21.9 Å². The van der Waals surface area contributed by atoms with Crippen LogP contribution < -0.4 is 11.1 Å². The van der Waals surface area contributed by atoms with Crippen molar-refractivity contribution in [2.24, 2.45) is 0 Å². The van der Waals surface area contributed by atoms with Gasteiger partial charge in [0.25, 0.3) is 0 Å². The van der Waals surface area contributed by atoms with E-state index in [0.29, 0.717) is 17.9 Å². The van der Waals surface area contributed by atoms with Crippen molar-refractivity contribution in [3.05, 3.63) is 18.2 Å². The third kappa shape index (κ3) is 3.14. The summed E-state index contributed by atoms with van der Waals surface area (Å²) in [5, 5.41) is 3.23. The Morgan fingerprint density at radius 2 is 2.05 bits per heavy atom. The highest BCUT2D eigenvalue weighted by molar-refractivity contribution is 7.89. The number of nitrogens with two attached hydrogens (primary N) is 1. The Morgan fingerprint density at radius 1 is 1.38 bits per heavy atom. The summed E-state index contributed by atoms with van der Waals surface area (Å²) in [5.74, 6) is 0. The number of hydrogen-bond acceptors (Lipinski definition) is 5. The van der Waals surface area contributed by atoms with E-state index in [9.17, 15) is 8.42 Å². The van der Waals surface area contributed by atoms with Gasteiger partial charge in [-0.1, -0.05) is 0 Å². The fraction of sp³-hybridized carbons (Fsp3) is 0.571. The molecule has 0 aliphatic heterocycles. The van der Waals surface area contributed by atoms with Crippen molar-refractivity contribution in [1.29, 1.82) is 0 Å². The molecule has 1 aliphatic carbocycles. The van der Waals surface area contributed by atoms with E-state index in [-0.39, 0.29) is 10.5 Å². The molecule has 3 N–H and O–H groups in total. The predicted octanol–water partition coefficient (Wildman–Crippen LogP) is 1.50. The van der Waals surface area contributed by atoms with E-state index in [1.165, 1.54) is 24.5 Å². The fourth-order valence-electron chi connectivity index (χ4n) is 2.34. The first kappa shape index (κ1) is 16.1. The summed E-state index contributed by atoms with van der Waals surface area (Å²) < 4.78 is 31.0. The summed E-state index contributed by atoms with van der Waals surface area (Å²) in [7, 11) is 1.26. The highest BCUT2D eigenvalue weighted by Crippen LogP contribution is 2.35. The Morgan fingerprint density at radius 3 is 2.52 bits per heavy atom. The van der Waals surface area contributed by atoms with Crippen LogP contribution in [0.4, 0.5) is 11.4 Å². The van der Waals surface area contributed by atoms with Gasteiger partial charge in [-0.15, -0.1) is 0 Å². The van der Waals surface area contributed by atoms with E-state index < -0.39 is 10.0 Å². The molecule has 2 rings (SSSR count). The minimum atomic E-state index is -3.46. The number of nitrogens with zero attached hydrogens (tertiary/aromatic N) is 1. The first-order chi connectivity index (χ1) is 9.81. The molecule has 0 heterocycles. The molecule has 0 unspecified atom stereocenters. The number of methoxy groups -OCH3 is 1. The number of benzene rings is 1. The summed E-state index contributed by atoms with van der Waals surface area (Å²) in [6.45, 7) is 0.624. The Hall–Kier alpha value is -1.31. The highest BCUT2D eigenvalue weighted by atomic mass is 32.2. The fourth-order valence-corrected chi connectivity index (χ4v) is 3.27. The van der Waals surface area contributed by atoms with Gasteiger partial charge >= 0.3 is 0 Å². The molecule has 118 valence electrons. The van der Waals surface area contributed by atoms with E-state index in [2.05, 4.69) is 5.32 Å². The second-order valence-electron chi connectivity index (χ2n) is 5.63. The van der Waals surface area contributed by atoms with Crippen molar-refractivity contribution in [1.82, 2.24) is 4.31 Å². The lowest BCUT2D eigenvalue weighted by molar-refractivity contribution is -0.0601. The lowest BCUT2D eigenvalue weighted by Crippen LogP contribution is -2.45. The zero-order valence-electron chi connectivity index (χ0n) is 12.7. The van der Waals surface area contributed by atoms with Crippen molar-refractivity contribution in [3.63, 3.8) is 0 Å². The monoisotopic (exact) mass is 313 g/mol. The largest absolute Gasteiger partial charge is 0.397 e. The molecular weight excluding hydrogens is 290 g/mol. The molecule has 0 amide bonds. The maximum absolute atomic E-state index is 12.2. The number of anilines is 2. The number of nitrogens with one attached hydrogen (secondary N) is 1. The van der Waals surface area contributed by atoms with Gasteiger partial charge in [0.1, 0.15) is 0 Å². The van der Waals surface area contributed by atoms with E-state index in [0.717, 1.165) is 19.3 Å². The summed E-state index contributed by atoms with van der Waals surface area (Å²) in [6.07, 6.45) is 3.16. The van der Waals surface area contributed by atoms with Crippen molar-refractivity contribution >= 4 is 21.4 Å². The van der Waals surface area contributed by atoms with Crippen LogP contribution in [0.2, 0.25) is 0 Å². The molecule has 0 spiro atoms. The van der Waals surface area contributed by atoms with Gasteiger partial charge in [-0.2, -0.15) is 0 Å². The molecule has 1 fully saturated rings. The Bertz CT molecular complexity index is 604. The Labute approximate surface area is 126 Å². The molecule has 0 atom stereocenters. The smallest absolute Gasteiger partial charge is 0.242 e. The third-order valence-corrected chi connectivity index (χ3v) is 5.91. The standard InChI is InChI=1S/C14H23N3O3S/c1-17(2)21(18,19)11-5-6-12(15)13(9-11)16-10-14(20-3)7-4-8-14/h5-6,9,16H,4,7-8,10,15H2,1-3H3. The number of hydrogen-bond donors (Lipinski definition) is 2. The van der Waals surface area contributed by atoms with E-state index in [1.54, 1.807) is 19.2 Å². The van der Waals surface area contributed by atoms with Gasteiger partial charge in [0.2, 0.25) is 10.0 Å². The minimum absolute atomic E-state index is 0.150. The van der Waals surface area contributed by atoms with Gasteiger partial charge in [0, 0.05) is 27.7 Å². The van der Waals surface area contributed by atoms with Crippen LogP contribution in [-0.2, 0) is 14.8 Å². The zero-order valence-corrected chi connectivity index (χ0v) is 13.5. The first-order valence-electron chi connectivity index (χ1n) is 6.92. The van der Waals surface area contributed by atoms with Crippen LogP contribution in [0.25, 0.3) is 0 Å². The quantitative estimate of drug-likeness (QED) is 0.778. The average Bonchev–Trinajstić information content (AvgIpc) is 2.39. The maximum atomic E-state index is 12.2. The SMILES string of the molecule is COC1(CNc2cc(S(=O)(=O)N(C)C)ccc2N)CCC1. The van der Waals surface area contributed by atoms with Crippen LogP contribution in [0.3, 0.4) is 0 Å². The zero-order chi connectivity index (χ0) is 15.7. The molecule has 1 aliphatic rings. The molecule has 0 radical (unpaired) electrons. The Kier molecular flexibility index (Phi) is 4.46. The maximum Gasteiger partial charge on any atom is 0.242 e. The van der Waals surface area contributed by atoms with Crippen molar-refractivity contribution in [2.75, 3.05) is 38.8 Å². The van der Waals surface area contributed by atoms with Crippen molar-refractivity contribution in [2.45, 2.75) is 29.8 Å². The molecule has 1 saturated carbocycles.